The monoisotopic (exact) mass is 114 g/mol. The van der Waals surface area contributed by atoms with E-state index in [0.29, 0.717) is 0 Å². The van der Waals surface area contributed by atoms with Crippen LogP contribution in [0.4, 0.5) is 0 Å². The van der Waals surface area contributed by atoms with Crippen LogP contribution in [0.1, 0.15) is 0 Å². The van der Waals surface area contributed by atoms with E-state index in [9.17, 15) is 0 Å². The van der Waals surface area contributed by atoms with Crippen molar-refractivity contribution in [3.8, 4) is 0 Å². The van der Waals surface area contributed by atoms with Gasteiger partial charge in [0.2, 0.25) is 0 Å². The van der Waals surface area contributed by atoms with Crippen LogP contribution in [0.15, 0.2) is 0 Å². The summed E-state index contributed by atoms with van der Waals surface area (Å²) in [5.41, 5.74) is 0. The zero-order valence-corrected chi connectivity index (χ0v) is 6.94. The molecule has 0 amide bonds. The molecule has 0 saturated carbocycles. The van der Waals surface area contributed by atoms with Crippen LogP contribution in [-0.2, 0) is 0 Å². The third kappa shape index (κ3) is 4.75. The van der Waals surface area contributed by atoms with Crippen LogP contribution in [0.3, 0.4) is 0 Å². The van der Waals surface area contributed by atoms with Gasteiger partial charge in [-0.15, -0.1) is 0 Å². The predicted octanol–water partition coefficient (Wildman–Crippen LogP) is 1.45. The maximum absolute atomic E-state index is 2.79. The van der Waals surface area contributed by atoms with E-state index in [-0.39, 0.29) is 0 Å². The van der Waals surface area contributed by atoms with E-state index in [1.54, 1.807) is 0 Å². The maximum atomic E-state index is 2.79. The van der Waals surface area contributed by atoms with Crippen molar-refractivity contribution in [2.24, 2.45) is 0 Å². The van der Waals surface area contributed by atoms with Gasteiger partial charge >= 0.3 is 48.9 Å². The molecule has 6 heavy (non-hydrogen) atoms. The molecule has 0 spiro atoms. The van der Waals surface area contributed by atoms with Gasteiger partial charge in [-0.3, -0.25) is 0 Å². The summed E-state index contributed by atoms with van der Waals surface area (Å²) in [6.45, 7) is 7.08. The second-order valence-corrected chi connectivity index (χ2v) is 9.52. The van der Waals surface area contributed by atoms with E-state index in [1.807, 2.05) is 0 Å². The van der Waals surface area contributed by atoms with Gasteiger partial charge in [-0.05, 0) is 0 Å². The standard InChI is InChI=1S/C4H11Si.Al/c1-5(2,3)4;/h1H2,2-4H3;/q;+2. The van der Waals surface area contributed by atoms with Gasteiger partial charge in [-0.25, -0.2) is 0 Å². The third-order valence-corrected chi connectivity index (χ3v) is 5.51. The zero-order valence-electron chi connectivity index (χ0n) is 4.78. The molecule has 0 aliphatic rings. The van der Waals surface area contributed by atoms with Gasteiger partial charge in [0.1, 0.15) is 0 Å². The summed E-state index contributed by atoms with van der Waals surface area (Å²) >= 11 is 2.79. The molecule has 0 aliphatic carbocycles. The summed E-state index contributed by atoms with van der Waals surface area (Å²) in [5.74, 6) is 0. The molecule has 0 aromatic carbocycles. The van der Waals surface area contributed by atoms with Gasteiger partial charge in [-0.2, -0.15) is 0 Å². The van der Waals surface area contributed by atoms with Gasteiger partial charge in [0, 0.05) is 0 Å². The van der Waals surface area contributed by atoms with Gasteiger partial charge < -0.3 is 0 Å². The normalized spacial score (nSPS) is 12.2. The first-order chi connectivity index (χ1) is 2.56. The van der Waals surface area contributed by atoms with Gasteiger partial charge in [0.15, 0.2) is 0 Å². The van der Waals surface area contributed by atoms with Crippen molar-refractivity contribution in [1.29, 1.82) is 0 Å². The molecule has 0 aliphatic heterocycles. The molecule has 0 bridgehead atoms. The second-order valence-electron chi connectivity index (χ2n) is 2.76. The van der Waals surface area contributed by atoms with Gasteiger partial charge in [0.05, 0.1) is 0 Å². The van der Waals surface area contributed by atoms with Crippen LogP contribution in [0.5, 0.6) is 0 Å². The van der Waals surface area contributed by atoms with Crippen molar-refractivity contribution in [3.63, 3.8) is 0 Å². The molecule has 32 valence electrons. The summed E-state index contributed by atoms with van der Waals surface area (Å²) in [6, 6.07) is 0. The molecule has 0 saturated heterocycles. The minimum absolute atomic E-state index is 0.668. The van der Waals surface area contributed by atoms with Crippen LogP contribution in [0.25, 0.3) is 0 Å². The number of hydrogen-bond acceptors (Lipinski definition) is 0. The van der Waals surface area contributed by atoms with Crippen molar-refractivity contribution in [2.75, 3.05) is 0 Å². The summed E-state index contributed by atoms with van der Waals surface area (Å²) < 4.78 is 0. The minimum atomic E-state index is -0.668. The third-order valence-electron chi connectivity index (χ3n) is 0.612. The SMILES string of the molecule is C[Si](C)(C)[CH2][Al+2]. The van der Waals surface area contributed by atoms with E-state index < -0.39 is 8.07 Å². The van der Waals surface area contributed by atoms with E-state index in [2.05, 4.69) is 35.9 Å². The van der Waals surface area contributed by atoms with Crippen LogP contribution < -0.4 is 0 Å². The van der Waals surface area contributed by atoms with Crippen LogP contribution in [0, 0.1) is 0 Å². The Kier molecular flexibility index (Phi) is 2.43. The average molecular weight is 114 g/mol. The summed E-state index contributed by atoms with van der Waals surface area (Å²) in [4.78, 5) is 1.33. The molecular formula is C4H11AlSi+2. The van der Waals surface area contributed by atoms with Gasteiger partial charge in [0.25, 0.3) is 0 Å². The first-order valence-corrected chi connectivity index (χ1v) is 6.79. The fourth-order valence-corrected chi connectivity index (χ4v) is 0. The summed E-state index contributed by atoms with van der Waals surface area (Å²) in [5, 5.41) is 0. The molecule has 0 heterocycles. The first kappa shape index (κ1) is 6.75. The topological polar surface area (TPSA) is 0 Å². The predicted molar refractivity (Wildman–Crippen MR) is 33.9 cm³/mol. The van der Waals surface area contributed by atoms with Crippen molar-refractivity contribution in [2.45, 2.75) is 24.5 Å². The van der Waals surface area contributed by atoms with E-state index in [4.69, 9.17) is 0 Å². The fourth-order valence-electron chi connectivity index (χ4n) is 0. The first-order valence-electron chi connectivity index (χ1n) is 2.26. The molecule has 2 heteroatoms. The Hall–Kier alpha value is 0.749. The number of hydrogen-bond donors (Lipinski definition) is 0. The Bertz CT molecular complexity index is 37.3. The Labute approximate surface area is 49.4 Å². The van der Waals surface area contributed by atoms with Crippen LogP contribution in [0.2, 0.25) is 24.5 Å². The molecule has 0 aromatic rings. The zero-order chi connectivity index (χ0) is 5.21. The Morgan fingerprint density at radius 3 is 1.50 bits per heavy atom. The summed E-state index contributed by atoms with van der Waals surface area (Å²) in [6.07, 6.45) is 0. The van der Waals surface area contributed by atoms with Crippen molar-refractivity contribution in [3.05, 3.63) is 0 Å². The van der Waals surface area contributed by atoms with Crippen molar-refractivity contribution in [1.82, 2.24) is 0 Å². The Balaban J connectivity index is 3.17. The Morgan fingerprint density at radius 2 is 1.50 bits per heavy atom. The Morgan fingerprint density at radius 1 is 1.33 bits per heavy atom. The van der Waals surface area contributed by atoms with Gasteiger partial charge in [-0.1, -0.05) is 0 Å². The van der Waals surface area contributed by atoms with E-state index >= 15 is 0 Å². The number of rotatable bonds is 1. The van der Waals surface area contributed by atoms with Crippen LogP contribution >= 0.6 is 0 Å². The molecule has 0 N–H and O–H groups in total. The quantitative estimate of drug-likeness (QED) is 0.453. The fraction of sp³-hybridized carbons (Fsp3) is 1.00. The van der Waals surface area contributed by atoms with E-state index in [1.165, 1.54) is 4.91 Å². The molecule has 0 aromatic heterocycles. The van der Waals surface area contributed by atoms with Crippen molar-refractivity contribution < 1.29 is 0 Å². The molecule has 0 radical (unpaired) electrons. The molecule has 0 fully saturated rings. The molecule has 0 unspecified atom stereocenters. The summed E-state index contributed by atoms with van der Waals surface area (Å²) in [7, 11) is -0.668. The van der Waals surface area contributed by atoms with Crippen LogP contribution in [-0.4, -0.2) is 24.4 Å². The second kappa shape index (κ2) is 2.16. The molecule has 0 atom stereocenters. The van der Waals surface area contributed by atoms with Crippen molar-refractivity contribution >= 4 is 24.4 Å². The molecular weight excluding hydrogens is 103 g/mol. The molecule has 0 nitrogen and oxygen atoms in total. The average Bonchev–Trinajstić information content (AvgIpc) is 1.35. The van der Waals surface area contributed by atoms with E-state index in [0.717, 1.165) is 0 Å². The molecule has 0 rings (SSSR count).